The van der Waals surface area contributed by atoms with Crippen molar-refractivity contribution in [2.45, 2.75) is 12.5 Å². The number of carbonyl (C=O) groups excluding carboxylic acids is 1. The van der Waals surface area contributed by atoms with E-state index in [4.69, 9.17) is 9.15 Å². The van der Waals surface area contributed by atoms with E-state index >= 15 is 0 Å². The SMILES string of the molecule is O=C(COc1ccc(-c2cc3ccccc3c(=O)o2)cc1)N[C@H](Cc1c[nH]c2ccccc12)C(=O)O. The van der Waals surface area contributed by atoms with Crippen molar-refractivity contribution in [2.24, 2.45) is 0 Å². The first-order valence-electron chi connectivity index (χ1n) is 11.3. The van der Waals surface area contributed by atoms with Gasteiger partial charge in [0.15, 0.2) is 6.61 Å². The molecule has 0 saturated heterocycles. The molecule has 2 heterocycles. The molecular formula is C28H22N2O6. The van der Waals surface area contributed by atoms with Crippen LogP contribution in [0, 0.1) is 0 Å². The third-order valence-corrected chi connectivity index (χ3v) is 5.91. The molecule has 1 atom stereocenters. The van der Waals surface area contributed by atoms with Crippen LogP contribution >= 0.6 is 0 Å². The molecule has 3 N–H and O–H groups in total. The van der Waals surface area contributed by atoms with Crippen LogP contribution in [0.1, 0.15) is 5.56 Å². The minimum atomic E-state index is -1.13. The van der Waals surface area contributed by atoms with Crippen molar-refractivity contribution in [1.29, 1.82) is 0 Å². The largest absolute Gasteiger partial charge is 0.484 e. The molecule has 5 aromatic rings. The number of para-hydroxylation sites is 1. The standard InChI is InChI=1S/C28H22N2O6/c31-26(30-24(27(32)33)13-19-15-29-23-8-4-3-6-21(19)23)16-35-20-11-9-17(10-12-20)25-14-18-5-1-2-7-22(18)28(34)36-25/h1-12,14-15,24,29H,13,16H2,(H,30,31)(H,32,33)/t24-/m1/s1. The number of nitrogens with one attached hydrogen (secondary N) is 2. The second kappa shape index (κ2) is 9.79. The number of amides is 1. The summed E-state index contributed by atoms with van der Waals surface area (Å²) in [5.41, 5.74) is 1.97. The number of carboxylic acid groups (broad SMARTS) is 1. The fourth-order valence-electron chi connectivity index (χ4n) is 4.10. The number of fused-ring (bicyclic) bond motifs is 2. The number of rotatable bonds is 8. The van der Waals surface area contributed by atoms with Gasteiger partial charge in [-0.25, -0.2) is 9.59 Å². The quantitative estimate of drug-likeness (QED) is 0.306. The van der Waals surface area contributed by atoms with E-state index in [1.54, 1.807) is 48.7 Å². The average molecular weight is 482 g/mol. The lowest BCUT2D eigenvalue weighted by Gasteiger charge is -2.15. The Morgan fingerprint density at radius 1 is 0.972 bits per heavy atom. The Balaban J connectivity index is 1.22. The average Bonchev–Trinajstić information content (AvgIpc) is 3.30. The number of benzene rings is 3. The van der Waals surface area contributed by atoms with Crippen molar-refractivity contribution in [1.82, 2.24) is 10.3 Å². The van der Waals surface area contributed by atoms with Crippen molar-refractivity contribution in [3.05, 3.63) is 101 Å². The molecule has 0 bridgehead atoms. The lowest BCUT2D eigenvalue weighted by atomic mass is 10.1. The summed E-state index contributed by atoms with van der Waals surface area (Å²) in [6, 6.07) is 22.2. The zero-order chi connectivity index (χ0) is 25.1. The monoisotopic (exact) mass is 482 g/mol. The molecular weight excluding hydrogens is 460 g/mol. The minimum absolute atomic E-state index is 0.136. The molecule has 2 aromatic heterocycles. The number of aliphatic carboxylic acids is 1. The Hall–Kier alpha value is -4.85. The molecule has 0 unspecified atom stereocenters. The number of aromatic nitrogens is 1. The molecule has 0 radical (unpaired) electrons. The summed E-state index contributed by atoms with van der Waals surface area (Å²) in [5.74, 6) is -0.841. The first-order chi connectivity index (χ1) is 17.5. The van der Waals surface area contributed by atoms with E-state index < -0.39 is 23.5 Å². The third-order valence-electron chi connectivity index (χ3n) is 5.91. The third kappa shape index (κ3) is 4.83. The van der Waals surface area contributed by atoms with Gasteiger partial charge in [-0.15, -0.1) is 0 Å². The first-order valence-corrected chi connectivity index (χ1v) is 11.3. The van der Waals surface area contributed by atoms with Crippen LogP contribution in [0.15, 0.2) is 94.3 Å². The fourth-order valence-corrected chi connectivity index (χ4v) is 4.10. The van der Waals surface area contributed by atoms with E-state index in [1.165, 1.54) is 0 Å². The summed E-state index contributed by atoms with van der Waals surface area (Å²) in [7, 11) is 0. The van der Waals surface area contributed by atoms with Gasteiger partial charge in [-0.2, -0.15) is 0 Å². The van der Waals surface area contributed by atoms with E-state index in [0.717, 1.165) is 21.9 Å². The van der Waals surface area contributed by atoms with Crippen molar-refractivity contribution in [3.63, 3.8) is 0 Å². The summed E-state index contributed by atoms with van der Waals surface area (Å²) in [4.78, 5) is 39.5. The summed E-state index contributed by atoms with van der Waals surface area (Å²) < 4.78 is 11.0. The Bertz CT molecular complexity index is 1620. The van der Waals surface area contributed by atoms with Gasteiger partial charge < -0.3 is 24.6 Å². The number of aromatic amines is 1. The first kappa shape index (κ1) is 22.9. The number of hydrogen-bond donors (Lipinski definition) is 3. The van der Waals surface area contributed by atoms with Crippen molar-refractivity contribution in [2.75, 3.05) is 6.61 Å². The molecule has 0 saturated carbocycles. The molecule has 0 aliphatic rings. The van der Waals surface area contributed by atoms with Gasteiger partial charge in [0.05, 0.1) is 5.39 Å². The number of carbonyl (C=O) groups is 2. The molecule has 1 amide bonds. The minimum Gasteiger partial charge on any atom is -0.484 e. The highest BCUT2D eigenvalue weighted by Crippen LogP contribution is 2.24. The molecule has 3 aromatic carbocycles. The van der Waals surface area contributed by atoms with Gasteiger partial charge in [-0.05, 0) is 53.4 Å². The zero-order valence-corrected chi connectivity index (χ0v) is 19.1. The van der Waals surface area contributed by atoms with Gasteiger partial charge in [-0.1, -0.05) is 36.4 Å². The topological polar surface area (TPSA) is 122 Å². The van der Waals surface area contributed by atoms with Crippen molar-refractivity contribution in [3.8, 4) is 17.1 Å². The van der Waals surface area contributed by atoms with E-state index in [1.807, 2.05) is 36.4 Å². The van der Waals surface area contributed by atoms with E-state index in [9.17, 15) is 19.5 Å². The van der Waals surface area contributed by atoms with Gasteiger partial charge in [0, 0.05) is 29.1 Å². The summed E-state index contributed by atoms with van der Waals surface area (Å²) in [6.45, 7) is -0.345. The molecule has 0 aliphatic heterocycles. The summed E-state index contributed by atoms with van der Waals surface area (Å²) in [6.07, 6.45) is 1.89. The van der Waals surface area contributed by atoms with Gasteiger partial charge >= 0.3 is 11.6 Å². The van der Waals surface area contributed by atoms with Crippen LogP contribution in [0.5, 0.6) is 5.75 Å². The Morgan fingerprint density at radius 3 is 2.47 bits per heavy atom. The Kier molecular flexibility index (Phi) is 6.23. The van der Waals surface area contributed by atoms with E-state index in [0.29, 0.717) is 22.5 Å². The maximum absolute atomic E-state index is 12.4. The van der Waals surface area contributed by atoms with Gasteiger partial charge in [0.25, 0.3) is 5.91 Å². The normalized spacial score (nSPS) is 11.9. The van der Waals surface area contributed by atoms with Crippen LogP contribution in [-0.2, 0) is 16.0 Å². The lowest BCUT2D eigenvalue weighted by Crippen LogP contribution is -2.44. The second-order valence-corrected chi connectivity index (χ2v) is 8.32. The molecule has 5 rings (SSSR count). The van der Waals surface area contributed by atoms with Crippen LogP contribution in [0.4, 0.5) is 0 Å². The van der Waals surface area contributed by atoms with Gasteiger partial charge in [0.1, 0.15) is 17.6 Å². The fraction of sp³-hybridized carbons (Fsp3) is 0.107. The van der Waals surface area contributed by atoms with Gasteiger partial charge in [-0.3, -0.25) is 4.79 Å². The predicted octanol–water partition coefficient (Wildman–Crippen LogP) is 4.13. The molecule has 8 nitrogen and oxygen atoms in total. The molecule has 180 valence electrons. The Morgan fingerprint density at radius 2 is 1.69 bits per heavy atom. The van der Waals surface area contributed by atoms with Crippen LogP contribution in [0.25, 0.3) is 33.0 Å². The second-order valence-electron chi connectivity index (χ2n) is 8.32. The molecule has 36 heavy (non-hydrogen) atoms. The van der Waals surface area contributed by atoms with E-state index in [-0.39, 0.29) is 13.0 Å². The zero-order valence-electron chi connectivity index (χ0n) is 19.1. The number of hydrogen-bond acceptors (Lipinski definition) is 5. The highest BCUT2D eigenvalue weighted by molar-refractivity contribution is 5.87. The van der Waals surface area contributed by atoms with Crippen LogP contribution in [0.3, 0.4) is 0 Å². The maximum atomic E-state index is 12.4. The van der Waals surface area contributed by atoms with Crippen molar-refractivity contribution >= 4 is 33.6 Å². The Labute approximate surface area is 205 Å². The van der Waals surface area contributed by atoms with Crippen molar-refractivity contribution < 1.29 is 23.8 Å². The van der Waals surface area contributed by atoms with Crippen LogP contribution < -0.4 is 15.7 Å². The predicted molar refractivity (Wildman–Crippen MR) is 135 cm³/mol. The highest BCUT2D eigenvalue weighted by Gasteiger charge is 2.22. The molecule has 0 aliphatic carbocycles. The van der Waals surface area contributed by atoms with E-state index in [2.05, 4.69) is 10.3 Å². The van der Waals surface area contributed by atoms with Crippen LogP contribution in [-0.4, -0.2) is 34.6 Å². The molecule has 0 fully saturated rings. The molecule has 8 heteroatoms. The van der Waals surface area contributed by atoms with Crippen LogP contribution in [0.2, 0.25) is 0 Å². The summed E-state index contributed by atoms with van der Waals surface area (Å²) >= 11 is 0. The molecule has 0 spiro atoms. The summed E-state index contributed by atoms with van der Waals surface area (Å²) in [5, 5.41) is 14.3. The maximum Gasteiger partial charge on any atom is 0.344 e. The highest BCUT2D eigenvalue weighted by atomic mass is 16.5. The van der Waals surface area contributed by atoms with Gasteiger partial charge in [0.2, 0.25) is 0 Å². The smallest absolute Gasteiger partial charge is 0.344 e. The lowest BCUT2D eigenvalue weighted by molar-refractivity contribution is -0.142. The number of carboxylic acids is 1. The number of H-pyrrole nitrogens is 1. The number of ether oxygens (including phenoxy) is 1.